The molecule has 0 saturated heterocycles. The fourth-order valence-corrected chi connectivity index (χ4v) is 3.03. The number of hydrogen-bond acceptors (Lipinski definition) is 3. The van der Waals surface area contributed by atoms with E-state index in [1.165, 1.54) is 5.56 Å². The molecule has 1 aromatic carbocycles. The molecule has 0 aliphatic rings. The first-order chi connectivity index (χ1) is 8.35. The van der Waals surface area contributed by atoms with Gasteiger partial charge in [-0.1, -0.05) is 30.3 Å². The minimum absolute atomic E-state index is 0.248. The molecule has 0 aliphatic carbocycles. The summed E-state index contributed by atoms with van der Waals surface area (Å²) >= 11 is 0. The molecule has 5 heteroatoms. The van der Waals surface area contributed by atoms with E-state index in [1.807, 2.05) is 44.2 Å². The van der Waals surface area contributed by atoms with Crippen molar-refractivity contribution in [1.29, 1.82) is 0 Å². The van der Waals surface area contributed by atoms with E-state index in [2.05, 4.69) is 4.72 Å². The lowest BCUT2D eigenvalue weighted by atomic mass is 9.97. The second-order valence-corrected chi connectivity index (χ2v) is 6.86. The first-order valence-electron chi connectivity index (χ1n) is 6.01. The van der Waals surface area contributed by atoms with E-state index in [0.717, 1.165) is 6.42 Å². The third kappa shape index (κ3) is 5.62. The van der Waals surface area contributed by atoms with Crippen molar-refractivity contribution in [3.05, 3.63) is 35.9 Å². The highest BCUT2D eigenvalue weighted by atomic mass is 32.2. The van der Waals surface area contributed by atoms with E-state index in [4.69, 9.17) is 5.11 Å². The number of hydrogen-bond donors (Lipinski definition) is 2. The van der Waals surface area contributed by atoms with Gasteiger partial charge in [-0.3, -0.25) is 0 Å². The SMILES string of the molecule is CC(C)(CCc1ccccc1)NS(=O)(=O)CCO. The molecule has 0 bridgehead atoms. The molecule has 0 aliphatic heterocycles. The highest BCUT2D eigenvalue weighted by Crippen LogP contribution is 2.14. The van der Waals surface area contributed by atoms with Gasteiger partial charge in [-0.25, -0.2) is 13.1 Å². The monoisotopic (exact) mass is 271 g/mol. The van der Waals surface area contributed by atoms with Gasteiger partial charge in [0.15, 0.2) is 0 Å². The Hall–Kier alpha value is -0.910. The number of nitrogens with one attached hydrogen (secondary N) is 1. The maximum atomic E-state index is 11.6. The Balaban J connectivity index is 2.55. The molecule has 1 aromatic rings. The summed E-state index contributed by atoms with van der Waals surface area (Å²) in [6.45, 7) is 3.35. The number of aliphatic hydroxyl groups is 1. The molecule has 0 spiro atoms. The van der Waals surface area contributed by atoms with Crippen molar-refractivity contribution in [1.82, 2.24) is 4.72 Å². The molecule has 0 radical (unpaired) electrons. The highest BCUT2D eigenvalue weighted by Gasteiger charge is 2.24. The maximum Gasteiger partial charge on any atom is 0.214 e. The Bertz CT molecular complexity index is 454. The summed E-state index contributed by atoms with van der Waals surface area (Å²) in [5.74, 6) is -0.248. The predicted molar refractivity (Wildman–Crippen MR) is 72.9 cm³/mol. The van der Waals surface area contributed by atoms with Crippen LogP contribution in [0.25, 0.3) is 0 Å². The molecule has 2 N–H and O–H groups in total. The van der Waals surface area contributed by atoms with Crippen LogP contribution in [0.15, 0.2) is 30.3 Å². The molecule has 0 fully saturated rings. The second kappa shape index (κ2) is 6.31. The number of benzene rings is 1. The lowest BCUT2D eigenvalue weighted by Crippen LogP contribution is -2.45. The van der Waals surface area contributed by atoms with Gasteiger partial charge in [0.2, 0.25) is 10.0 Å². The smallest absolute Gasteiger partial charge is 0.214 e. The van der Waals surface area contributed by atoms with Crippen molar-refractivity contribution in [3.8, 4) is 0 Å². The molecule has 0 aromatic heterocycles. The lowest BCUT2D eigenvalue weighted by Gasteiger charge is -2.25. The lowest BCUT2D eigenvalue weighted by molar-refractivity contribution is 0.317. The summed E-state index contributed by atoms with van der Waals surface area (Å²) in [6, 6.07) is 9.95. The summed E-state index contributed by atoms with van der Waals surface area (Å²) < 4.78 is 25.8. The Morgan fingerprint density at radius 3 is 2.39 bits per heavy atom. The number of aliphatic hydroxyl groups excluding tert-OH is 1. The summed E-state index contributed by atoms with van der Waals surface area (Å²) in [7, 11) is -3.39. The summed E-state index contributed by atoms with van der Waals surface area (Å²) in [4.78, 5) is 0. The van der Waals surface area contributed by atoms with E-state index in [9.17, 15) is 8.42 Å². The van der Waals surface area contributed by atoms with Gasteiger partial charge in [0, 0.05) is 5.54 Å². The molecule has 0 heterocycles. The number of rotatable bonds is 7. The maximum absolute atomic E-state index is 11.6. The zero-order chi connectivity index (χ0) is 13.6. The van der Waals surface area contributed by atoms with E-state index in [0.29, 0.717) is 6.42 Å². The van der Waals surface area contributed by atoms with E-state index in [-0.39, 0.29) is 12.4 Å². The van der Waals surface area contributed by atoms with Crippen LogP contribution in [-0.4, -0.2) is 31.4 Å². The van der Waals surface area contributed by atoms with Crippen molar-refractivity contribution in [2.45, 2.75) is 32.2 Å². The third-order valence-corrected chi connectivity index (χ3v) is 4.26. The fourth-order valence-electron chi connectivity index (χ4n) is 1.74. The molecule has 18 heavy (non-hydrogen) atoms. The van der Waals surface area contributed by atoms with E-state index < -0.39 is 15.6 Å². The van der Waals surface area contributed by atoms with Crippen LogP contribution in [0.5, 0.6) is 0 Å². The van der Waals surface area contributed by atoms with Gasteiger partial charge in [-0.15, -0.1) is 0 Å². The van der Waals surface area contributed by atoms with Gasteiger partial charge >= 0.3 is 0 Å². The van der Waals surface area contributed by atoms with Gasteiger partial charge in [0.05, 0.1) is 12.4 Å². The van der Waals surface area contributed by atoms with Crippen molar-refractivity contribution in [2.75, 3.05) is 12.4 Å². The normalized spacial score (nSPS) is 12.6. The summed E-state index contributed by atoms with van der Waals surface area (Å²) in [5, 5.41) is 8.69. The Morgan fingerprint density at radius 1 is 1.22 bits per heavy atom. The van der Waals surface area contributed by atoms with Crippen molar-refractivity contribution < 1.29 is 13.5 Å². The second-order valence-electron chi connectivity index (χ2n) is 5.01. The van der Waals surface area contributed by atoms with Crippen LogP contribution in [0.4, 0.5) is 0 Å². The largest absolute Gasteiger partial charge is 0.395 e. The van der Waals surface area contributed by atoms with Crippen LogP contribution >= 0.6 is 0 Å². The zero-order valence-electron chi connectivity index (χ0n) is 10.9. The molecule has 1 rings (SSSR count). The number of aryl methyl sites for hydroxylation is 1. The van der Waals surface area contributed by atoms with E-state index in [1.54, 1.807) is 0 Å². The number of sulfonamides is 1. The van der Waals surface area contributed by atoms with Crippen LogP contribution in [0.3, 0.4) is 0 Å². The average Bonchev–Trinajstić information content (AvgIpc) is 2.26. The molecular formula is C13H21NO3S. The highest BCUT2D eigenvalue weighted by molar-refractivity contribution is 7.89. The quantitative estimate of drug-likeness (QED) is 0.786. The van der Waals surface area contributed by atoms with Gasteiger partial charge in [-0.2, -0.15) is 0 Å². The summed E-state index contributed by atoms with van der Waals surface area (Å²) in [6.07, 6.45) is 1.52. The van der Waals surface area contributed by atoms with Gasteiger partial charge in [0.1, 0.15) is 0 Å². The van der Waals surface area contributed by atoms with Crippen molar-refractivity contribution >= 4 is 10.0 Å². The Labute approximate surface area is 109 Å². The van der Waals surface area contributed by atoms with E-state index >= 15 is 0 Å². The van der Waals surface area contributed by atoms with Gasteiger partial charge in [0.25, 0.3) is 0 Å². The fraction of sp³-hybridized carbons (Fsp3) is 0.538. The predicted octanol–water partition coefficient (Wildman–Crippen LogP) is 1.31. The Morgan fingerprint density at radius 2 is 1.83 bits per heavy atom. The van der Waals surface area contributed by atoms with Crippen LogP contribution in [0.1, 0.15) is 25.8 Å². The average molecular weight is 271 g/mol. The standard InChI is InChI=1S/C13H21NO3S/c1-13(2,14-18(16,17)11-10-15)9-8-12-6-4-3-5-7-12/h3-7,14-15H,8-11H2,1-2H3. The topological polar surface area (TPSA) is 66.4 Å². The molecule has 0 saturated carbocycles. The first-order valence-corrected chi connectivity index (χ1v) is 7.66. The van der Waals surface area contributed by atoms with Crippen LogP contribution < -0.4 is 4.72 Å². The van der Waals surface area contributed by atoms with Crippen molar-refractivity contribution in [3.63, 3.8) is 0 Å². The molecule has 0 amide bonds. The van der Waals surface area contributed by atoms with Crippen LogP contribution in [0, 0.1) is 0 Å². The van der Waals surface area contributed by atoms with Crippen LogP contribution in [-0.2, 0) is 16.4 Å². The molecule has 4 nitrogen and oxygen atoms in total. The molecular weight excluding hydrogens is 250 g/mol. The minimum atomic E-state index is -3.39. The van der Waals surface area contributed by atoms with Crippen LogP contribution in [0.2, 0.25) is 0 Å². The molecule has 102 valence electrons. The van der Waals surface area contributed by atoms with Gasteiger partial charge in [-0.05, 0) is 32.3 Å². The Kier molecular flexibility index (Phi) is 5.31. The molecule has 0 atom stereocenters. The zero-order valence-corrected chi connectivity index (χ0v) is 11.7. The minimum Gasteiger partial charge on any atom is -0.395 e. The van der Waals surface area contributed by atoms with Gasteiger partial charge < -0.3 is 5.11 Å². The van der Waals surface area contributed by atoms with Crippen molar-refractivity contribution in [2.24, 2.45) is 0 Å². The molecule has 0 unspecified atom stereocenters. The third-order valence-electron chi connectivity index (χ3n) is 2.67. The first kappa shape index (κ1) is 15.1. The summed E-state index contributed by atoms with van der Waals surface area (Å²) in [5.41, 5.74) is 0.677.